The molecule has 5 nitrogen and oxygen atoms in total. The van der Waals surface area contributed by atoms with Crippen molar-refractivity contribution in [2.45, 2.75) is 19.4 Å². The molecule has 1 atom stereocenters. The topological polar surface area (TPSA) is 64.1 Å². The maximum Gasteiger partial charge on any atom is 0.358 e. The molecule has 1 unspecified atom stereocenters. The van der Waals surface area contributed by atoms with Crippen LogP contribution in [0.3, 0.4) is 0 Å². The summed E-state index contributed by atoms with van der Waals surface area (Å²) in [5, 5.41) is 13.6. The molecule has 0 aliphatic rings. The number of aryl methyl sites for hydroxylation is 1. The third-order valence-electron chi connectivity index (χ3n) is 3.88. The lowest BCUT2D eigenvalue weighted by Gasteiger charge is -2.19. The standard InChI is InChI=1S/C19H19N3O2S/c1-13-10-11-25-18(13)16(12-14-6-4-3-5-7-14)20-17-9-8-15(21-22-17)19(23)24-2/h3-11,16H,12H2,1-2H3,(H,20,22). The molecule has 0 spiro atoms. The smallest absolute Gasteiger partial charge is 0.358 e. The second-order valence-corrected chi connectivity index (χ2v) is 6.60. The Bertz CT molecular complexity index is 831. The molecule has 128 valence electrons. The normalized spacial score (nSPS) is 11.8. The van der Waals surface area contributed by atoms with E-state index in [1.807, 2.05) is 18.2 Å². The van der Waals surface area contributed by atoms with E-state index in [0.717, 1.165) is 6.42 Å². The van der Waals surface area contributed by atoms with Crippen LogP contribution in [0.5, 0.6) is 0 Å². The monoisotopic (exact) mass is 353 g/mol. The number of carbonyl (C=O) groups is 1. The second-order valence-electron chi connectivity index (χ2n) is 5.65. The Morgan fingerprint density at radius 3 is 2.56 bits per heavy atom. The lowest BCUT2D eigenvalue weighted by atomic mass is 10.0. The molecule has 0 bridgehead atoms. The van der Waals surface area contributed by atoms with Crippen LogP contribution >= 0.6 is 11.3 Å². The first-order chi connectivity index (χ1) is 12.2. The van der Waals surface area contributed by atoms with E-state index in [0.29, 0.717) is 5.82 Å². The number of aromatic nitrogens is 2. The van der Waals surface area contributed by atoms with E-state index in [1.54, 1.807) is 23.5 Å². The molecule has 0 aliphatic carbocycles. The number of anilines is 1. The summed E-state index contributed by atoms with van der Waals surface area (Å²) in [6.45, 7) is 2.11. The number of esters is 1. The average molecular weight is 353 g/mol. The van der Waals surface area contributed by atoms with Crippen LogP contribution in [0, 0.1) is 6.92 Å². The van der Waals surface area contributed by atoms with Gasteiger partial charge in [0.25, 0.3) is 0 Å². The molecular weight excluding hydrogens is 334 g/mol. The highest BCUT2D eigenvalue weighted by molar-refractivity contribution is 7.10. The van der Waals surface area contributed by atoms with Gasteiger partial charge in [-0.05, 0) is 48.1 Å². The van der Waals surface area contributed by atoms with Gasteiger partial charge < -0.3 is 10.1 Å². The van der Waals surface area contributed by atoms with Gasteiger partial charge in [-0.1, -0.05) is 30.3 Å². The van der Waals surface area contributed by atoms with Gasteiger partial charge in [-0.15, -0.1) is 21.5 Å². The Kier molecular flexibility index (Phi) is 5.40. The number of nitrogens with zero attached hydrogens (tertiary/aromatic N) is 2. The van der Waals surface area contributed by atoms with Crippen molar-refractivity contribution in [3.8, 4) is 0 Å². The Morgan fingerprint density at radius 1 is 1.16 bits per heavy atom. The zero-order valence-corrected chi connectivity index (χ0v) is 14.9. The number of hydrogen-bond acceptors (Lipinski definition) is 6. The highest BCUT2D eigenvalue weighted by Crippen LogP contribution is 2.29. The molecule has 0 saturated carbocycles. The van der Waals surface area contributed by atoms with E-state index in [4.69, 9.17) is 0 Å². The zero-order valence-electron chi connectivity index (χ0n) is 14.1. The first-order valence-corrected chi connectivity index (χ1v) is 8.82. The molecule has 1 N–H and O–H groups in total. The maximum absolute atomic E-state index is 11.5. The van der Waals surface area contributed by atoms with E-state index in [1.165, 1.54) is 23.1 Å². The molecule has 0 aliphatic heterocycles. The van der Waals surface area contributed by atoms with Crippen molar-refractivity contribution in [2.75, 3.05) is 12.4 Å². The summed E-state index contributed by atoms with van der Waals surface area (Å²) >= 11 is 1.72. The van der Waals surface area contributed by atoms with Gasteiger partial charge >= 0.3 is 5.97 Å². The maximum atomic E-state index is 11.5. The van der Waals surface area contributed by atoms with Crippen molar-refractivity contribution in [2.24, 2.45) is 0 Å². The van der Waals surface area contributed by atoms with Crippen molar-refractivity contribution in [3.05, 3.63) is 75.6 Å². The summed E-state index contributed by atoms with van der Waals surface area (Å²) in [4.78, 5) is 12.7. The average Bonchev–Trinajstić information content (AvgIpc) is 3.08. The largest absolute Gasteiger partial charge is 0.464 e. The fraction of sp³-hybridized carbons (Fsp3) is 0.211. The lowest BCUT2D eigenvalue weighted by Crippen LogP contribution is -2.15. The highest BCUT2D eigenvalue weighted by Gasteiger charge is 2.17. The number of rotatable bonds is 6. The summed E-state index contributed by atoms with van der Waals surface area (Å²) in [7, 11) is 1.33. The Morgan fingerprint density at radius 2 is 1.96 bits per heavy atom. The lowest BCUT2D eigenvalue weighted by molar-refractivity contribution is 0.0593. The SMILES string of the molecule is COC(=O)c1ccc(NC(Cc2ccccc2)c2sccc2C)nn1. The molecule has 0 saturated heterocycles. The minimum Gasteiger partial charge on any atom is -0.464 e. The van der Waals surface area contributed by atoms with Crippen molar-refractivity contribution in [1.82, 2.24) is 10.2 Å². The molecule has 0 radical (unpaired) electrons. The van der Waals surface area contributed by atoms with Crippen LogP contribution in [-0.2, 0) is 11.2 Å². The van der Waals surface area contributed by atoms with Crippen LogP contribution in [0.25, 0.3) is 0 Å². The van der Waals surface area contributed by atoms with E-state index >= 15 is 0 Å². The van der Waals surface area contributed by atoms with Crippen LogP contribution in [0.2, 0.25) is 0 Å². The van der Waals surface area contributed by atoms with E-state index in [2.05, 4.69) is 50.8 Å². The molecule has 2 aromatic heterocycles. The number of nitrogens with one attached hydrogen (secondary N) is 1. The predicted octanol–water partition coefficient (Wildman–Crippen LogP) is 4.03. The van der Waals surface area contributed by atoms with Gasteiger partial charge in [-0.2, -0.15) is 0 Å². The highest BCUT2D eigenvalue weighted by atomic mass is 32.1. The quantitative estimate of drug-likeness (QED) is 0.678. The van der Waals surface area contributed by atoms with Gasteiger partial charge in [0.1, 0.15) is 5.82 Å². The van der Waals surface area contributed by atoms with Gasteiger partial charge in [-0.25, -0.2) is 4.79 Å². The third-order valence-corrected chi connectivity index (χ3v) is 5.01. The fourth-order valence-corrected chi connectivity index (χ4v) is 3.58. The summed E-state index contributed by atoms with van der Waals surface area (Å²) in [5.74, 6) is 0.135. The zero-order chi connectivity index (χ0) is 17.6. The van der Waals surface area contributed by atoms with Gasteiger partial charge in [0.15, 0.2) is 5.69 Å². The molecule has 1 aromatic carbocycles. The first-order valence-electron chi connectivity index (χ1n) is 7.94. The Hall–Kier alpha value is -2.73. The van der Waals surface area contributed by atoms with Crippen molar-refractivity contribution < 1.29 is 9.53 Å². The van der Waals surface area contributed by atoms with Gasteiger partial charge in [-0.3, -0.25) is 0 Å². The predicted molar refractivity (Wildman–Crippen MR) is 98.9 cm³/mol. The number of benzene rings is 1. The van der Waals surface area contributed by atoms with Crippen LogP contribution in [0.4, 0.5) is 5.82 Å². The summed E-state index contributed by atoms with van der Waals surface area (Å²) in [6, 6.07) is 15.9. The summed E-state index contributed by atoms with van der Waals surface area (Å²) in [5.41, 5.74) is 2.68. The fourth-order valence-electron chi connectivity index (χ4n) is 2.60. The van der Waals surface area contributed by atoms with Crippen molar-refractivity contribution in [3.63, 3.8) is 0 Å². The number of hydrogen-bond donors (Lipinski definition) is 1. The Labute approximate surface area is 150 Å². The molecule has 0 amide bonds. The van der Waals surface area contributed by atoms with Crippen molar-refractivity contribution >= 4 is 23.1 Å². The molecular formula is C19H19N3O2S. The Balaban J connectivity index is 1.82. The minimum absolute atomic E-state index is 0.0840. The van der Waals surface area contributed by atoms with E-state index < -0.39 is 5.97 Å². The molecule has 3 aromatic rings. The molecule has 25 heavy (non-hydrogen) atoms. The number of thiophene rings is 1. The molecule has 2 heterocycles. The minimum atomic E-state index is -0.492. The summed E-state index contributed by atoms with van der Waals surface area (Å²) in [6.07, 6.45) is 0.836. The second kappa shape index (κ2) is 7.90. The molecule has 0 fully saturated rings. The van der Waals surface area contributed by atoms with Crippen molar-refractivity contribution in [1.29, 1.82) is 0 Å². The third kappa shape index (κ3) is 4.22. The van der Waals surface area contributed by atoms with Crippen LogP contribution in [0.1, 0.15) is 32.5 Å². The van der Waals surface area contributed by atoms with Crippen LogP contribution in [-0.4, -0.2) is 23.3 Å². The van der Waals surface area contributed by atoms with Gasteiger partial charge in [0, 0.05) is 4.88 Å². The number of methoxy groups -OCH3 is 1. The van der Waals surface area contributed by atoms with Crippen LogP contribution < -0.4 is 5.32 Å². The van der Waals surface area contributed by atoms with E-state index in [-0.39, 0.29) is 11.7 Å². The molecule has 6 heteroatoms. The van der Waals surface area contributed by atoms with Gasteiger partial charge in [0.2, 0.25) is 0 Å². The van der Waals surface area contributed by atoms with Crippen LogP contribution in [0.15, 0.2) is 53.9 Å². The summed E-state index contributed by atoms with van der Waals surface area (Å²) < 4.78 is 4.65. The molecule has 3 rings (SSSR count). The van der Waals surface area contributed by atoms with Gasteiger partial charge in [0.05, 0.1) is 13.2 Å². The van der Waals surface area contributed by atoms with E-state index in [9.17, 15) is 4.79 Å². The number of ether oxygens (including phenoxy) is 1. The number of carbonyl (C=O) groups excluding carboxylic acids is 1. The first kappa shape index (κ1) is 17.1.